The number of benzene rings is 1. The number of rotatable bonds is 5. The number of nitrogens with two attached hydrogens (primary N) is 1. The van der Waals surface area contributed by atoms with Gasteiger partial charge in [-0.05, 0) is 36.7 Å². The Kier molecular flexibility index (Phi) is 4.93. The standard InChI is InChI=1S/C15H17ClFN3/c1-2-19-13(8-10-6-7-20-14(18)9-10)11-4-3-5-12(16)15(11)17/h3-7,9,13,19H,2,8H2,1H3,(H2,18,20). The Morgan fingerprint density at radius 3 is 2.90 bits per heavy atom. The second-order valence-electron chi connectivity index (χ2n) is 4.55. The number of nitrogen functional groups attached to an aromatic ring is 1. The van der Waals surface area contributed by atoms with Gasteiger partial charge >= 0.3 is 0 Å². The van der Waals surface area contributed by atoms with Gasteiger partial charge in [0, 0.05) is 17.8 Å². The molecule has 1 aromatic carbocycles. The molecule has 2 aromatic rings. The smallest absolute Gasteiger partial charge is 0.146 e. The minimum atomic E-state index is -0.373. The fraction of sp³-hybridized carbons (Fsp3) is 0.267. The van der Waals surface area contributed by atoms with E-state index in [0.29, 0.717) is 17.8 Å². The predicted octanol–water partition coefficient (Wildman–Crippen LogP) is 3.35. The minimum absolute atomic E-state index is 0.139. The van der Waals surface area contributed by atoms with Crippen LogP contribution in [-0.4, -0.2) is 11.5 Å². The number of hydrogen-bond donors (Lipinski definition) is 2. The van der Waals surface area contributed by atoms with Crippen LogP contribution in [0.2, 0.25) is 5.02 Å². The molecule has 0 bridgehead atoms. The summed E-state index contributed by atoms with van der Waals surface area (Å²) < 4.78 is 14.1. The number of nitrogens with zero attached hydrogens (tertiary/aromatic N) is 1. The molecule has 20 heavy (non-hydrogen) atoms. The maximum absolute atomic E-state index is 14.1. The normalized spacial score (nSPS) is 12.3. The van der Waals surface area contributed by atoms with Crippen LogP contribution in [0.15, 0.2) is 36.5 Å². The first-order valence-electron chi connectivity index (χ1n) is 6.49. The molecule has 1 unspecified atom stereocenters. The summed E-state index contributed by atoms with van der Waals surface area (Å²) in [6, 6.07) is 8.58. The molecule has 0 aliphatic carbocycles. The highest BCUT2D eigenvalue weighted by Gasteiger charge is 2.17. The highest BCUT2D eigenvalue weighted by atomic mass is 35.5. The van der Waals surface area contributed by atoms with Crippen LogP contribution in [0.25, 0.3) is 0 Å². The van der Waals surface area contributed by atoms with Crippen molar-refractivity contribution < 1.29 is 4.39 Å². The van der Waals surface area contributed by atoms with Gasteiger partial charge in [-0.15, -0.1) is 0 Å². The number of hydrogen-bond acceptors (Lipinski definition) is 3. The first kappa shape index (κ1) is 14.8. The van der Waals surface area contributed by atoms with Gasteiger partial charge in [-0.2, -0.15) is 0 Å². The molecule has 106 valence electrons. The molecule has 2 rings (SSSR count). The van der Waals surface area contributed by atoms with E-state index in [0.717, 1.165) is 12.1 Å². The molecule has 0 saturated heterocycles. The van der Waals surface area contributed by atoms with Crippen LogP contribution in [-0.2, 0) is 6.42 Å². The summed E-state index contributed by atoms with van der Waals surface area (Å²) in [5, 5.41) is 3.41. The Labute approximate surface area is 123 Å². The van der Waals surface area contributed by atoms with Gasteiger partial charge in [0.25, 0.3) is 0 Å². The molecule has 0 radical (unpaired) electrons. The Balaban J connectivity index is 2.29. The average Bonchev–Trinajstić information content (AvgIpc) is 2.42. The van der Waals surface area contributed by atoms with Crippen LogP contribution >= 0.6 is 11.6 Å². The van der Waals surface area contributed by atoms with Gasteiger partial charge in [-0.25, -0.2) is 9.37 Å². The summed E-state index contributed by atoms with van der Waals surface area (Å²) in [7, 11) is 0. The van der Waals surface area contributed by atoms with Gasteiger partial charge in [0.1, 0.15) is 11.6 Å². The Morgan fingerprint density at radius 2 is 2.20 bits per heavy atom. The lowest BCUT2D eigenvalue weighted by molar-refractivity contribution is 0.510. The van der Waals surface area contributed by atoms with E-state index in [1.165, 1.54) is 0 Å². The van der Waals surface area contributed by atoms with Gasteiger partial charge in [-0.3, -0.25) is 0 Å². The van der Waals surface area contributed by atoms with Crippen LogP contribution in [0, 0.1) is 5.82 Å². The lowest BCUT2D eigenvalue weighted by Crippen LogP contribution is -2.24. The van der Waals surface area contributed by atoms with E-state index in [9.17, 15) is 4.39 Å². The second-order valence-corrected chi connectivity index (χ2v) is 4.95. The average molecular weight is 294 g/mol. The summed E-state index contributed by atoms with van der Waals surface area (Å²) in [5.41, 5.74) is 7.24. The molecule has 0 saturated carbocycles. The molecule has 3 nitrogen and oxygen atoms in total. The summed E-state index contributed by atoms with van der Waals surface area (Å²) in [5.74, 6) is 0.0893. The molecule has 0 aliphatic heterocycles. The Bertz CT molecular complexity index is 589. The maximum atomic E-state index is 14.1. The number of anilines is 1. The fourth-order valence-electron chi connectivity index (χ4n) is 2.19. The number of halogens is 2. The number of aromatic nitrogens is 1. The predicted molar refractivity (Wildman–Crippen MR) is 80.2 cm³/mol. The topological polar surface area (TPSA) is 50.9 Å². The van der Waals surface area contributed by atoms with Gasteiger partial charge in [0.2, 0.25) is 0 Å². The van der Waals surface area contributed by atoms with Crippen molar-refractivity contribution in [1.29, 1.82) is 0 Å². The number of likely N-dealkylation sites (N-methyl/N-ethyl adjacent to an activating group) is 1. The largest absolute Gasteiger partial charge is 0.384 e. The molecular weight excluding hydrogens is 277 g/mol. The quantitative estimate of drug-likeness (QED) is 0.889. The SMILES string of the molecule is CCNC(Cc1ccnc(N)c1)c1cccc(Cl)c1F. The van der Waals surface area contributed by atoms with E-state index < -0.39 is 0 Å². The zero-order valence-corrected chi connectivity index (χ0v) is 12.0. The van der Waals surface area contributed by atoms with E-state index >= 15 is 0 Å². The van der Waals surface area contributed by atoms with E-state index in [1.54, 1.807) is 30.5 Å². The Morgan fingerprint density at radius 1 is 1.40 bits per heavy atom. The van der Waals surface area contributed by atoms with Crippen molar-refractivity contribution in [2.45, 2.75) is 19.4 Å². The van der Waals surface area contributed by atoms with E-state index in [2.05, 4.69) is 10.3 Å². The first-order chi connectivity index (χ1) is 9.61. The van der Waals surface area contributed by atoms with Crippen molar-refractivity contribution >= 4 is 17.4 Å². The van der Waals surface area contributed by atoms with Crippen LogP contribution in [0.3, 0.4) is 0 Å². The van der Waals surface area contributed by atoms with Gasteiger partial charge in [-0.1, -0.05) is 30.7 Å². The third-order valence-corrected chi connectivity index (χ3v) is 3.38. The summed E-state index contributed by atoms with van der Waals surface area (Å²) in [4.78, 5) is 3.96. The van der Waals surface area contributed by atoms with Crippen LogP contribution < -0.4 is 11.1 Å². The lowest BCUT2D eigenvalue weighted by atomic mass is 9.99. The van der Waals surface area contributed by atoms with Crippen molar-refractivity contribution in [2.24, 2.45) is 0 Å². The first-order valence-corrected chi connectivity index (χ1v) is 6.87. The highest BCUT2D eigenvalue weighted by Crippen LogP contribution is 2.26. The third kappa shape index (κ3) is 3.46. The molecule has 1 aromatic heterocycles. The minimum Gasteiger partial charge on any atom is -0.384 e. The molecule has 0 amide bonds. The molecule has 0 fully saturated rings. The molecule has 1 atom stereocenters. The van der Waals surface area contributed by atoms with E-state index in [4.69, 9.17) is 17.3 Å². The van der Waals surface area contributed by atoms with E-state index in [1.807, 2.05) is 13.0 Å². The lowest BCUT2D eigenvalue weighted by Gasteiger charge is -2.19. The highest BCUT2D eigenvalue weighted by molar-refractivity contribution is 6.30. The van der Waals surface area contributed by atoms with Crippen LogP contribution in [0.5, 0.6) is 0 Å². The van der Waals surface area contributed by atoms with Crippen molar-refractivity contribution in [1.82, 2.24) is 10.3 Å². The van der Waals surface area contributed by atoms with Crippen molar-refractivity contribution in [3.8, 4) is 0 Å². The monoisotopic (exact) mass is 293 g/mol. The Hall–Kier alpha value is -1.65. The molecular formula is C15H17ClFN3. The molecule has 0 spiro atoms. The van der Waals surface area contributed by atoms with Crippen LogP contribution in [0.4, 0.5) is 10.2 Å². The van der Waals surface area contributed by atoms with E-state index in [-0.39, 0.29) is 16.9 Å². The molecule has 5 heteroatoms. The van der Waals surface area contributed by atoms with Gasteiger partial charge in [0.15, 0.2) is 0 Å². The summed E-state index contributed by atoms with van der Waals surface area (Å²) >= 11 is 5.85. The molecule has 3 N–H and O–H groups in total. The van der Waals surface area contributed by atoms with Gasteiger partial charge < -0.3 is 11.1 Å². The maximum Gasteiger partial charge on any atom is 0.146 e. The third-order valence-electron chi connectivity index (χ3n) is 3.09. The zero-order valence-electron chi connectivity index (χ0n) is 11.2. The van der Waals surface area contributed by atoms with Crippen LogP contribution in [0.1, 0.15) is 24.1 Å². The fourth-order valence-corrected chi connectivity index (χ4v) is 2.37. The van der Waals surface area contributed by atoms with Crippen molar-refractivity contribution in [2.75, 3.05) is 12.3 Å². The van der Waals surface area contributed by atoms with Crippen molar-refractivity contribution in [3.63, 3.8) is 0 Å². The van der Waals surface area contributed by atoms with Crippen molar-refractivity contribution in [3.05, 3.63) is 58.5 Å². The number of pyridine rings is 1. The summed E-state index contributed by atoms with van der Waals surface area (Å²) in [6.07, 6.45) is 2.28. The number of nitrogens with one attached hydrogen (secondary N) is 1. The molecule has 1 heterocycles. The van der Waals surface area contributed by atoms with Gasteiger partial charge in [0.05, 0.1) is 5.02 Å². The summed E-state index contributed by atoms with van der Waals surface area (Å²) in [6.45, 7) is 2.72. The zero-order chi connectivity index (χ0) is 14.5. The molecule has 0 aliphatic rings. The second kappa shape index (κ2) is 6.68.